The highest BCUT2D eigenvalue weighted by atomic mass is 79.9. The number of benzene rings is 4. The van der Waals surface area contributed by atoms with E-state index in [0.29, 0.717) is 31.9 Å². The Kier molecular flexibility index (Phi) is 9.75. The number of hydrogen-bond acceptors (Lipinski definition) is 6. The van der Waals surface area contributed by atoms with Gasteiger partial charge in [0.05, 0.1) is 39.9 Å². The maximum atomic E-state index is 14.7. The van der Waals surface area contributed by atoms with E-state index in [1.54, 1.807) is 18.4 Å². The SMILES string of the molecule is CCOC(=O)C1=C(C)N=c2s/c(=C\c3cc(-c4ccccc4)n(-c4ccc(Br)cc4)c3-c3ccccc3)c(=O)n2[C@@H]1c1ccccc1OC(C)C. The fourth-order valence-electron chi connectivity index (χ4n) is 6.51. The Morgan fingerprint density at radius 2 is 1.57 bits per heavy atom. The van der Waals surface area contributed by atoms with Crippen molar-refractivity contribution < 1.29 is 14.3 Å². The van der Waals surface area contributed by atoms with Crippen molar-refractivity contribution in [3.8, 4) is 34.0 Å². The molecule has 1 atom stereocenters. The topological polar surface area (TPSA) is 74.8 Å². The first-order valence-electron chi connectivity index (χ1n) is 16.8. The van der Waals surface area contributed by atoms with Crippen LogP contribution in [0.25, 0.3) is 34.3 Å². The number of rotatable bonds is 9. The summed E-state index contributed by atoms with van der Waals surface area (Å²) in [6.45, 7) is 7.65. The number of hydrogen-bond donors (Lipinski definition) is 0. The molecule has 0 spiro atoms. The lowest BCUT2D eigenvalue weighted by atomic mass is 9.95. The van der Waals surface area contributed by atoms with Gasteiger partial charge in [-0.15, -0.1) is 0 Å². The standard InChI is InChI=1S/C42H36BrN3O4S/c1-5-49-41(48)37-27(4)44-42-46(39(37)33-18-12-13-19-35(33)50-26(2)3)40(47)36(51-42)25-30-24-34(28-14-8-6-9-15-28)45(32-22-20-31(43)21-23-32)38(30)29-16-10-7-11-17-29/h6-26,39H,5H2,1-4H3/b36-25-/t39-/m1/s1. The van der Waals surface area contributed by atoms with Gasteiger partial charge in [0.15, 0.2) is 4.80 Å². The predicted molar refractivity (Wildman–Crippen MR) is 207 cm³/mol. The molecule has 7 rings (SSSR count). The number of nitrogens with zero attached hydrogens (tertiary/aromatic N) is 3. The number of halogens is 1. The fraction of sp³-hybridized carbons (Fsp3) is 0.167. The molecule has 2 aromatic heterocycles. The maximum Gasteiger partial charge on any atom is 0.338 e. The molecule has 0 fully saturated rings. The van der Waals surface area contributed by atoms with Crippen LogP contribution in [0.1, 0.15) is 44.9 Å². The van der Waals surface area contributed by atoms with Crippen LogP contribution in [0.5, 0.6) is 5.75 Å². The van der Waals surface area contributed by atoms with Crippen molar-refractivity contribution in [2.24, 2.45) is 4.99 Å². The van der Waals surface area contributed by atoms with Crippen molar-refractivity contribution in [2.45, 2.75) is 39.8 Å². The highest BCUT2D eigenvalue weighted by Gasteiger charge is 2.35. The van der Waals surface area contributed by atoms with E-state index in [9.17, 15) is 9.59 Å². The van der Waals surface area contributed by atoms with Gasteiger partial charge in [0.1, 0.15) is 11.8 Å². The number of para-hydroxylation sites is 1. The summed E-state index contributed by atoms with van der Waals surface area (Å²) in [4.78, 5) is 33.6. The minimum absolute atomic E-state index is 0.122. The van der Waals surface area contributed by atoms with Crippen LogP contribution in [0, 0.1) is 0 Å². The molecule has 4 aromatic carbocycles. The summed E-state index contributed by atoms with van der Waals surface area (Å²) >= 11 is 4.90. The number of carbonyl (C=O) groups excluding carboxylic acids is 1. The Bertz CT molecular complexity index is 2440. The number of carbonyl (C=O) groups is 1. The Hall–Kier alpha value is -5.25. The second kappa shape index (κ2) is 14.5. The average Bonchev–Trinajstić information content (AvgIpc) is 3.65. The summed E-state index contributed by atoms with van der Waals surface area (Å²) in [6, 6.07) is 37.5. The van der Waals surface area contributed by atoms with E-state index in [2.05, 4.69) is 63.0 Å². The highest BCUT2D eigenvalue weighted by molar-refractivity contribution is 9.10. The van der Waals surface area contributed by atoms with Gasteiger partial charge in [-0.25, -0.2) is 9.79 Å². The van der Waals surface area contributed by atoms with Gasteiger partial charge in [0.25, 0.3) is 5.56 Å². The normalized spacial score (nSPS) is 14.4. The Labute approximate surface area is 308 Å². The first-order valence-corrected chi connectivity index (χ1v) is 18.4. The second-order valence-electron chi connectivity index (χ2n) is 12.4. The Morgan fingerprint density at radius 1 is 0.922 bits per heavy atom. The zero-order valence-corrected chi connectivity index (χ0v) is 31.1. The molecule has 6 aromatic rings. The summed E-state index contributed by atoms with van der Waals surface area (Å²) < 4.78 is 17.1. The van der Waals surface area contributed by atoms with Crippen molar-refractivity contribution in [3.63, 3.8) is 0 Å². The molecule has 1 aliphatic rings. The molecule has 7 nitrogen and oxygen atoms in total. The lowest BCUT2D eigenvalue weighted by Crippen LogP contribution is -2.40. The smallest absolute Gasteiger partial charge is 0.338 e. The molecule has 3 heterocycles. The van der Waals surface area contributed by atoms with E-state index in [1.807, 2.05) is 92.7 Å². The van der Waals surface area contributed by atoms with Gasteiger partial charge in [0.2, 0.25) is 0 Å². The van der Waals surface area contributed by atoms with E-state index >= 15 is 0 Å². The van der Waals surface area contributed by atoms with Crippen LogP contribution >= 0.6 is 27.3 Å². The van der Waals surface area contributed by atoms with Crippen LogP contribution in [-0.2, 0) is 9.53 Å². The van der Waals surface area contributed by atoms with Gasteiger partial charge in [0, 0.05) is 21.3 Å². The Balaban J connectivity index is 1.51. The van der Waals surface area contributed by atoms with Crippen LogP contribution < -0.4 is 19.6 Å². The fourth-order valence-corrected chi connectivity index (χ4v) is 7.81. The number of thiazole rings is 1. The first-order chi connectivity index (χ1) is 24.7. The van der Waals surface area contributed by atoms with Gasteiger partial charge >= 0.3 is 5.97 Å². The number of esters is 1. The van der Waals surface area contributed by atoms with Crippen molar-refractivity contribution >= 4 is 39.3 Å². The third kappa shape index (κ3) is 6.67. The molecule has 0 saturated carbocycles. The van der Waals surface area contributed by atoms with Crippen LogP contribution in [0.15, 0.2) is 141 Å². The van der Waals surface area contributed by atoms with Gasteiger partial charge in [-0.1, -0.05) is 106 Å². The van der Waals surface area contributed by atoms with Gasteiger partial charge in [-0.3, -0.25) is 9.36 Å². The number of allylic oxidation sites excluding steroid dienone is 1. The molecular formula is C42H36BrN3O4S. The van der Waals surface area contributed by atoms with Crippen molar-refractivity contribution in [1.82, 2.24) is 9.13 Å². The zero-order valence-electron chi connectivity index (χ0n) is 28.7. The van der Waals surface area contributed by atoms with E-state index < -0.39 is 12.0 Å². The molecule has 0 saturated heterocycles. The number of fused-ring (bicyclic) bond motifs is 1. The second-order valence-corrected chi connectivity index (χ2v) is 14.3. The summed E-state index contributed by atoms with van der Waals surface area (Å²) in [5, 5.41) is 0. The van der Waals surface area contributed by atoms with Crippen molar-refractivity contribution in [2.75, 3.05) is 6.61 Å². The lowest BCUT2D eigenvalue weighted by molar-refractivity contribution is -0.139. The molecule has 0 amide bonds. The van der Waals surface area contributed by atoms with Crippen molar-refractivity contribution in [3.05, 3.63) is 162 Å². The largest absolute Gasteiger partial charge is 0.491 e. The van der Waals surface area contributed by atoms with E-state index in [1.165, 1.54) is 11.3 Å². The highest BCUT2D eigenvalue weighted by Crippen LogP contribution is 2.38. The van der Waals surface area contributed by atoms with Crippen molar-refractivity contribution in [1.29, 1.82) is 0 Å². The maximum absolute atomic E-state index is 14.7. The van der Waals surface area contributed by atoms with Crippen LogP contribution in [-0.4, -0.2) is 27.8 Å². The summed E-state index contributed by atoms with van der Waals surface area (Å²) in [7, 11) is 0. The van der Waals surface area contributed by atoms with Crippen LogP contribution in [0.4, 0.5) is 0 Å². The lowest BCUT2D eigenvalue weighted by Gasteiger charge is -2.26. The van der Waals surface area contributed by atoms with Gasteiger partial charge in [-0.2, -0.15) is 0 Å². The van der Waals surface area contributed by atoms with Gasteiger partial charge in [-0.05, 0) is 81.3 Å². The average molecular weight is 759 g/mol. The van der Waals surface area contributed by atoms with E-state index in [4.69, 9.17) is 14.5 Å². The quantitative estimate of drug-likeness (QED) is 0.139. The number of ether oxygens (including phenoxy) is 2. The minimum Gasteiger partial charge on any atom is -0.491 e. The monoisotopic (exact) mass is 757 g/mol. The molecule has 0 aliphatic carbocycles. The molecule has 256 valence electrons. The molecule has 51 heavy (non-hydrogen) atoms. The molecule has 1 aliphatic heterocycles. The third-order valence-corrected chi connectivity index (χ3v) is 10.1. The molecular weight excluding hydrogens is 722 g/mol. The summed E-state index contributed by atoms with van der Waals surface area (Å²) in [5.41, 5.74) is 7.06. The third-order valence-electron chi connectivity index (χ3n) is 8.61. The van der Waals surface area contributed by atoms with E-state index in [0.717, 1.165) is 38.2 Å². The number of aromatic nitrogens is 2. The predicted octanol–water partition coefficient (Wildman–Crippen LogP) is 8.47. The Morgan fingerprint density at radius 3 is 2.24 bits per heavy atom. The van der Waals surface area contributed by atoms with Crippen LogP contribution in [0.2, 0.25) is 0 Å². The molecule has 0 N–H and O–H groups in total. The van der Waals surface area contributed by atoms with E-state index in [-0.39, 0.29) is 18.3 Å². The zero-order chi connectivity index (χ0) is 35.6. The summed E-state index contributed by atoms with van der Waals surface area (Å²) in [5.74, 6) is 0.0804. The first kappa shape index (κ1) is 34.2. The van der Waals surface area contributed by atoms with Gasteiger partial charge < -0.3 is 14.0 Å². The summed E-state index contributed by atoms with van der Waals surface area (Å²) in [6.07, 6.45) is 1.83. The minimum atomic E-state index is -0.793. The molecule has 9 heteroatoms. The molecule has 0 unspecified atom stereocenters. The van der Waals surface area contributed by atoms with Crippen LogP contribution in [0.3, 0.4) is 0 Å². The molecule has 0 bridgehead atoms. The molecule has 0 radical (unpaired) electrons.